The van der Waals surface area contributed by atoms with Gasteiger partial charge in [-0.1, -0.05) is 26.7 Å². The molecule has 1 atom stereocenters. The third kappa shape index (κ3) is 3.83. The number of carbonyl (C=O) groups is 1. The first-order valence-corrected chi connectivity index (χ1v) is 8.29. The van der Waals surface area contributed by atoms with Gasteiger partial charge in [-0.05, 0) is 12.8 Å². The molecule has 0 fully saturated rings. The van der Waals surface area contributed by atoms with Crippen molar-refractivity contribution in [1.82, 2.24) is 14.7 Å². The molecule has 0 spiro atoms. The van der Waals surface area contributed by atoms with Crippen molar-refractivity contribution in [3.8, 4) is 0 Å². The van der Waals surface area contributed by atoms with E-state index in [1.807, 2.05) is 22.9 Å². The standard InChI is InChI=1S/C15H23N3O2S/c1-4-11(5-2)13(19)7-16-14(20)6-12-9-21-15-17-10(3)8-18(12)15/h8-9,11,13,19H,4-7H2,1-3H3,(H,16,20). The van der Waals surface area contributed by atoms with E-state index in [4.69, 9.17) is 0 Å². The number of amides is 1. The van der Waals surface area contributed by atoms with Gasteiger partial charge in [0, 0.05) is 23.8 Å². The Bertz CT molecular complexity index is 601. The van der Waals surface area contributed by atoms with Gasteiger partial charge in [-0.15, -0.1) is 11.3 Å². The van der Waals surface area contributed by atoms with Gasteiger partial charge in [0.1, 0.15) is 0 Å². The van der Waals surface area contributed by atoms with Crippen LogP contribution < -0.4 is 5.32 Å². The van der Waals surface area contributed by atoms with E-state index in [1.54, 1.807) is 0 Å². The summed E-state index contributed by atoms with van der Waals surface area (Å²) >= 11 is 1.54. The summed E-state index contributed by atoms with van der Waals surface area (Å²) in [5.41, 5.74) is 1.89. The molecule has 0 bridgehead atoms. The molecule has 2 rings (SSSR count). The van der Waals surface area contributed by atoms with Crippen LogP contribution >= 0.6 is 11.3 Å². The van der Waals surface area contributed by atoms with Crippen molar-refractivity contribution in [3.05, 3.63) is 23.0 Å². The molecule has 0 aliphatic carbocycles. The molecule has 21 heavy (non-hydrogen) atoms. The van der Waals surface area contributed by atoms with E-state index < -0.39 is 6.10 Å². The lowest BCUT2D eigenvalue weighted by Crippen LogP contribution is -2.36. The average molecular weight is 309 g/mol. The highest BCUT2D eigenvalue weighted by molar-refractivity contribution is 7.15. The normalized spacial score (nSPS) is 13.0. The number of aromatic nitrogens is 2. The minimum absolute atomic E-state index is 0.0638. The Kier molecular flexibility index (Phi) is 5.36. The number of aliphatic hydroxyl groups excluding tert-OH is 1. The van der Waals surface area contributed by atoms with Crippen LogP contribution in [-0.2, 0) is 11.2 Å². The second-order valence-electron chi connectivity index (χ2n) is 5.39. The van der Waals surface area contributed by atoms with Crippen LogP contribution in [0.4, 0.5) is 0 Å². The summed E-state index contributed by atoms with van der Waals surface area (Å²) in [6, 6.07) is 0. The summed E-state index contributed by atoms with van der Waals surface area (Å²) in [6.45, 7) is 6.38. The van der Waals surface area contributed by atoms with Crippen LogP contribution in [0.2, 0.25) is 0 Å². The molecule has 116 valence electrons. The third-order valence-electron chi connectivity index (χ3n) is 3.85. The largest absolute Gasteiger partial charge is 0.391 e. The molecule has 2 aromatic rings. The van der Waals surface area contributed by atoms with Crippen LogP contribution in [0.1, 0.15) is 38.1 Å². The molecule has 0 aromatic carbocycles. The Morgan fingerprint density at radius 3 is 2.86 bits per heavy atom. The topological polar surface area (TPSA) is 66.6 Å². The number of carbonyl (C=O) groups excluding carboxylic acids is 1. The van der Waals surface area contributed by atoms with E-state index in [0.29, 0.717) is 13.0 Å². The van der Waals surface area contributed by atoms with Crippen molar-refractivity contribution < 1.29 is 9.90 Å². The Hall–Kier alpha value is -1.40. The van der Waals surface area contributed by atoms with Crippen molar-refractivity contribution in [3.63, 3.8) is 0 Å². The fraction of sp³-hybridized carbons (Fsp3) is 0.600. The fourth-order valence-corrected chi connectivity index (χ4v) is 3.43. The minimum atomic E-state index is -0.470. The molecule has 0 aliphatic rings. The number of imidazole rings is 1. The summed E-state index contributed by atoms with van der Waals surface area (Å²) in [7, 11) is 0. The number of nitrogens with zero attached hydrogens (tertiary/aromatic N) is 2. The smallest absolute Gasteiger partial charge is 0.226 e. The van der Waals surface area contributed by atoms with Gasteiger partial charge in [0.05, 0.1) is 18.2 Å². The highest BCUT2D eigenvalue weighted by Gasteiger charge is 2.17. The maximum Gasteiger partial charge on any atom is 0.226 e. The zero-order valence-electron chi connectivity index (χ0n) is 12.8. The summed E-state index contributed by atoms with van der Waals surface area (Å²) in [6.07, 6.45) is 3.63. The lowest BCUT2D eigenvalue weighted by atomic mass is 9.96. The first kappa shape index (κ1) is 16.0. The molecule has 0 saturated heterocycles. The van der Waals surface area contributed by atoms with E-state index in [-0.39, 0.29) is 11.8 Å². The molecule has 5 nitrogen and oxygen atoms in total. The molecule has 1 amide bonds. The van der Waals surface area contributed by atoms with Crippen molar-refractivity contribution >= 4 is 22.2 Å². The van der Waals surface area contributed by atoms with Crippen LogP contribution in [0.5, 0.6) is 0 Å². The molecular weight excluding hydrogens is 286 g/mol. The summed E-state index contributed by atoms with van der Waals surface area (Å²) in [5, 5.41) is 14.8. The number of rotatable bonds is 7. The highest BCUT2D eigenvalue weighted by atomic mass is 32.1. The van der Waals surface area contributed by atoms with Gasteiger partial charge in [0.15, 0.2) is 4.96 Å². The van der Waals surface area contributed by atoms with Crippen LogP contribution in [0, 0.1) is 12.8 Å². The predicted molar refractivity (Wildman–Crippen MR) is 84.6 cm³/mol. The minimum Gasteiger partial charge on any atom is -0.391 e. The van der Waals surface area contributed by atoms with Gasteiger partial charge >= 0.3 is 0 Å². The zero-order valence-corrected chi connectivity index (χ0v) is 13.6. The van der Waals surface area contributed by atoms with E-state index in [9.17, 15) is 9.90 Å². The van der Waals surface area contributed by atoms with Gasteiger partial charge in [-0.2, -0.15) is 0 Å². The molecule has 0 saturated carbocycles. The van der Waals surface area contributed by atoms with Gasteiger partial charge in [-0.3, -0.25) is 9.20 Å². The zero-order chi connectivity index (χ0) is 15.4. The first-order chi connectivity index (χ1) is 10.0. The number of fused-ring (bicyclic) bond motifs is 1. The molecule has 2 N–H and O–H groups in total. The number of nitrogens with one attached hydrogen (secondary N) is 1. The van der Waals surface area contributed by atoms with Crippen molar-refractivity contribution in [1.29, 1.82) is 0 Å². The summed E-state index contributed by atoms with van der Waals surface area (Å²) < 4.78 is 1.96. The first-order valence-electron chi connectivity index (χ1n) is 7.42. The number of thiazole rings is 1. The Morgan fingerprint density at radius 2 is 2.19 bits per heavy atom. The molecule has 0 radical (unpaired) electrons. The van der Waals surface area contributed by atoms with E-state index in [2.05, 4.69) is 24.1 Å². The van der Waals surface area contributed by atoms with Crippen molar-refractivity contribution in [2.24, 2.45) is 5.92 Å². The lowest BCUT2D eigenvalue weighted by molar-refractivity contribution is -0.121. The van der Waals surface area contributed by atoms with Gasteiger partial charge < -0.3 is 10.4 Å². The van der Waals surface area contributed by atoms with Crippen LogP contribution in [0.15, 0.2) is 11.6 Å². The Morgan fingerprint density at radius 1 is 1.48 bits per heavy atom. The Labute approximate surface area is 129 Å². The van der Waals surface area contributed by atoms with Gasteiger partial charge in [-0.25, -0.2) is 4.98 Å². The maximum absolute atomic E-state index is 12.0. The number of aryl methyl sites for hydroxylation is 1. The number of hydrogen-bond acceptors (Lipinski definition) is 4. The second kappa shape index (κ2) is 7.04. The second-order valence-corrected chi connectivity index (χ2v) is 6.22. The molecule has 1 unspecified atom stereocenters. The summed E-state index contributed by atoms with van der Waals surface area (Å²) in [4.78, 5) is 17.3. The van der Waals surface area contributed by atoms with Crippen molar-refractivity contribution in [2.75, 3.05) is 6.54 Å². The maximum atomic E-state index is 12.0. The van der Waals surface area contributed by atoms with E-state index in [0.717, 1.165) is 29.2 Å². The average Bonchev–Trinajstić information content (AvgIpc) is 2.98. The molecule has 2 aromatic heterocycles. The van der Waals surface area contributed by atoms with Crippen LogP contribution in [-0.4, -0.2) is 33.0 Å². The molecular formula is C15H23N3O2S. The molecule has 2 heterocycles. The number of aliphatic hydroxyl groups is 1. The van der Waals surface area contributed by atoms with Gasteiger partial charge in [0.2, 0.25) is 5.91 Å². The highest BCUT2D eigenvalue weighted by Crippen LogP contribution is 2.17. The van der Waals surface area contributed by atoms with E-state index in [1.165, 1.54) is 11.3 Å². The SMILES string of the molecule is CCC(CC)C(O)CNC(=O)Cc1csc2nc(C)cn12. The van der Waals surface area contributed by atoms with Crippen molar-refractivity contribution in [2.45, 2.75) is 46.1 Å². The fourth-order valence-electron chi connectivity index (χ4n) is 2.51. The van der Waals surface area contributed by atoms with Crippen LogP contribution in [0.3, 0.4) is 0 Å². The Balaban J connectivity index is 1.90. The lowest BCUT2D eigenvalue weighted by Gasteiger charge is -2.20. The van der Waals surface area contributed by atoms with Crippen LogP contribution in [0.25, 0.3) is 4.96 Å². The monoisotopic (exact) mass is 309 g/mol. The molecule has 0 aliphatic heterocycles. The predicted octanol–water partition coefficient (Wildman–Crippen LogP) is 2.16. The number of hydrogen-bond donors (Lipinski definition) is 2. The van der Waals surface area contributed by atoms with Gasteiger partial charge in [0.25, 0.3) is 0 Å². The third-order valence-corrected chi connectivity index (χ3v) is 4.74. The summed E-state index contributed by atoms with van der Waals surface area (Å²) in [5.74, 6) is 0.181. The quantitative estimate of drug-likeness (QED) is 0.823. The van der Waals surface area contributed by atoms with E-state index >= 15 is 0 Å². The molecule has 6 heteroatoms.